The fourth-order valence-electron chi connectivity index (χ4n) is 5.78. The van der Waals surface area contributed by atoms with Gasteiger partial charge in [-0.25, -0.2) is 0 Å². The van der Waals surface area contributed by atoms with E-state index in [9.17, 15) is 5.11 Å². The molecule has 4 rings (SSSR count). The highest BCUT2D eigenvalue weighted by Gasteiger charge is 2.65. The lowest BCUT2D eigenvalue weighted by molar-refractivity contribution is -0.0699. The molecule has 3 nitrogen and oxygen atoms in total. The Morgan fingerprint density at radius 3 is 2.30 bits per heavy atom. The summed E-state index contributed by atoms with van der Waals surface area (Å²) in [6.45, 7) is 4.46. The van der Waals surface area contributed by atoms with Crippen LogP contribution in [0.5, 0.6) is 0 Å². The molecule has 0 aromatic heterocycles. The number of fused-ring (bicyclic) bond motifs is 5. The molecule has 3 heterocycles. The van der Waals surface area contributed by atoms with E-state index in [-0.39, 0.29) is 6.10 Å². The van der Waals surface area contributed by atoms with Gasteiger partial charge in [0.05, 0.1) is 30.0 Å². The fourth-order valence-corrected chi connectivity index (χ4v) is 5.78. The summed E-state index contributed by atoms with van der Waals surface area (Å²) in [5.41, 5.74) is -0.438. The first-order valence-electron chi connectivity index (χ1n) is 8.71. The molecular weight excluding hydrogens is 252 g/mol. The van der Waals surface area contributed by atoms with E-state index < -0.39 is 5.60 Å². The lowest BCUT2D eigenvalue weighted by Gasteiger charge is -2.38. The van der Waals surface area contributed by atoms with E-state index in [1.165, 1.54) is 12.8 Å². The summed E-state index contributed by atoms with van der Waals surface area (Å²) >= 11 is 0. The van der Waals surface area contributed by atoms with Gasteiger partial charge in [0.1, 0.15) is 0 Å². The highest BCUT2D eigenvalue weighted by molar-refractivity contribution is 5.13. The van der Waals surface area contributed by atoms with Crippen molar-refractivity contribution in [3.63, 3.8) is 0 Å². The maximum absolute atomic E-state index is 11.0. The summed E-state index contributed by atoms with van der Waals surface area (Å²) in [4.78, 5) is 0. The second-order valence-corrected chi connectivity index (χ2v) is 7.48. The molecule has 0 spiro atoms. The van der Waals surface area contributed by atoms with Gasteiger partial charge in [0.25, 0.3) is 0 Å². The van der Waals surface area contributed by atoms with Crippen molar-refractivity contribution in [2.75, 3.05) is 0 Å². The topological polar surface area (TPSA) is 38.7 Å². The van der Waals surface area contributed by atoms with E-state index in [4.69, 9.17) is 9.47 Å². The molecule has 0 aromatic carbocycles. The highest BCUT2D eigenvalue weighted by atomic mass is 16.5. The Kier molecular flexibility index (Phi) is 3.17. The summed E-state index contributed by atoms with van der Waals surface area (Å²) < 4.78 is 12.6. The maximum atomic E-state index is 11.0. The molecule has 0 amide bonds. The third-order valence-corrected chi connectivity index (χ3v) is 6.64. The van der Waals surface area contributed by atoms with Gasteiger partial charge in [-0.1, -0.05) is 26.7 Å². The van der Waals surface area contributed by atoms with Crippen molar-refractivity contribution in [3.05, 3.63) is 0 Å². The molecule has 3 aliphatic heterocycles. The molecule has 4 aliphatic rings. The predicted molar refractivity (Wildman–Crippen MR) is 76.4 cm³/mol. The number of rotatable bonds is 3. The Morgan fingerprint density at radius 2 is 1.65 bits per heavy atom. The molecule has 0 aromatic rings. The van der Waals surface area contributed by atoms with Gasteiger partial charge in [0.15, 0.2) is 0 Å². The van der Waals surface area contributed by atoms with Crippen LogP contribution in [0.1, 0.15) is 58.8 Å². The predicted octanol–water partition coefficient (Wildman–Crippen LogP) is 2.90. The Hall–Kier alpha value is -0.120. The lowest BCUT2D eigenvalue weighted by atomic mass is 9.65. The zero-order valence-corrected chi connectivity index (χ0v) is 12.8. The second kappa shape index (κ2) is 4.69. The summed E-state index contributed by atoms with van der Waals surface area (Å²) in [5.74, 6) is 1.50. The summed E-state index contributed by atoms with van der Waals surface area (Å²) in [6, 6.07) is 0. The van der Waals surface area contributed by atoms with E-state index in [1.54, 1.807) is 0 Å². The minimum Gasteiger partial charge on any atom is -0.389 e. The molecule has 3 saturated heterocycles. The van der Waals surface area contributed by atoms with E-state index in [1.807, 2.05) is 0 Å². The molecule has 4 fully saturated rings. The Bertz CT molecular complexity index is 376. The van der Waals surface area contributed by atoms with Crippen LogP contribution in [0.3, 0.4) is 0 Å². The maximum Gasteiger partial charge on any atom is 0.0701 e. The summed E-state index contributed by atoms with van der Waals surface area (Å²) in [7, 11) is 0. The summed E-state index contributed by atoms with van der Waals surface area (Å²) in [6.07, 6.45) is 8.93. The van der Waals surface area contributed by atoms with Crippen molar-refractivity contribution in [2.24, 2.45) is 17.8 Å². The highest BCUT2D eigenvalue weighted by Crippen LogP contribution is 2.59. The SMILES string of the molecule is CCC1OC(CC)C2C3OC(CC3C3(O)CCCC3)C12. The lowest BCUT2D eigenvalue weighted by Crippen LogP contribution is -2.47. The van der Waals surface area contributed by atoms with Crippen molar-refractivity contribution >= 4 is 0 Å². The first-order chi connectivity index (χ1) is 9.68. The van der Waals surface area contributed by atoms with Crippen molar-refractivity contribution in [1.82, 2.24) is 0 Å². The van der Waals surface area contributed by atoms with Crippen LogP contribution in [-0.4, -0.2) is 35.1 Å². The molecule has 3 heteroatoms. The molecule has 0 radical (unpaired) electrons. The third kappa shape index (κ3) is 1.69. The quantitative estimate of drug-likeness (QED) is 0.864. The van der Waals surface area contributed by atoms with Crippen LogP contribution in [0.15, 0.2) is 0 Å². The average molecular weight is 280 g/mol. The van der Waals surface area contributed by atoms with Crippen LogP contribution in [0, 0.1) is 17.8 Å². The number of ether oxygens (including phenoxy) is 2. The monoisotopic (exact) mass is 280 g/mol. The summed E-state index contributed by atoms with van der Waals surface area (Å²) in [5, 5.41) is 11.0. The van der Waals surface area contributed by atoms with Crippen LogP contribution < -0.4 is 0 Å². The zero-order valence-electron chi connectivity index (χ0n) is 12.8. The smallest absolute Gasteiger partial charge is 0.0701 e. The molecule has 114 valence electrons. The van der Waals surface area contributed by atoms with E-state index >= 15 is 0 Å². The largest absolute Gasteiger partial charge is 0.389 e. The van der Waals surface area contributed by atoms with Gasteiger partial charge in [-0.15, -0.1) is 0 Å². The fraction of sp³-hybridized carbons (Fsp3) is 1.00. The van der Waals surface area contributed by atoms with Gasteiger partial charge in [-0.3, -0.25) is 0 Å². The van der Waals surface area contributed by atoms with Crippen LogP contribution in [-0.2, 0) is 9.47 Å². The Balaban J connectivity index is 1.60. The molecule has 20 heavy (non-hydrogen) atoms. The minimum absolute atomic E-state index is 0.259. The van der Waals surface area contributed by atoms with Crippen molar-refractivity contribution in [1.29, 1.82) is 0 Å². The van der Waals surface area contributed by atoms with Crippen molar-refractivity contribution in [3.8, 4) is 0 Å². The van der Waals surface area contributed by atoms with E-state index in [0.717, 1.165) is 32.1 Å². The molecule has 7 atom stereocenters. The standard InChI is InChI=1S/C17H28O3/c1-3-11-14-13-9-10(17(18)7-5-6-8-17)16(20-13)15(14)12(4-2)19-11/h10-16,18H,3-9H2,1-2H3. The zero-order chi connectivity index (χ0) is 13.9. The van der Waals surface area contributed by atoms with Gasteiger partial charge >= 0.3 is 0 Å². The molecule has 7 unspecified atom stereocenters. The van der Waals surface area contributed by atoms with Crippen LogP contribution in [0.25, 0.3) is 0 Å². The molecule has 2 bridgehead atoms. The number of hydrogen-bond acceptors (Lipinski definition) is 3. The van der Waals surface area contributed by atoms with Crippen LogP contribution >= 0.6 is 0 Å². The van der Waals surface area contributed by atoms with Gasteiger partial charge < -0.3 is 14.6 Å². The van der Waals surface area contributed by atoms with E-state index in [0.29, 0.717) is 36.1 Å². The van der Waals surface area contributed by atoms with Crippen LogP contribution in [0.4, 0.5) is 0 Å². The van der Waals surface area contributed by atoms with Crippen LogP contribution in [0.2, 0.25) is 0 Å². The molecule has 1 N–H and O–H groups in total. The average Bonchev–Trinajstić information content (AvgIpc) is 3.18. The van der Waals surface area contributed by atoms with E-state index in [2.05, 4.69) is 13.8 Å². The Morgan fingerprint density at radius 1 is 1.00 bits per heavy atom. The molecule has 1 aliphatic carbocycles. The number of hydrogen-bond donors (Lipinski definition) is 1. The first-order valence-corrected chi connectivity index (χ1v) is 8.71. The van der Waals surface area contributed by atoms with Crippen molar-refractivity contribution < 1.29 is 14.6 Å². The molecule has 1 saturated carbocycles. The molecular formula is C17H28O3. The normalized spacial score (nSPS) is 52.6. The van der Waals surface area contributed by atoms with Crippen molar-refractivity contribution in [2.45, 2.75) is 88.8 Å². The second-order valence-electron chi connectivity index (χ2n) is 7.48. The third-order valence-electron chi connectivity index (χ3n) is 6.64. The van der Waals surface area contributed by atoms with Gasteiger partial charge in [0.2, 0.25) is 0 Å². The Labute approximate surface area is 122 Å². The van der Waals surface area contributed by atoms with Gasteiger partial charge in [-0.05, 0) is 32.1 Å². The first kappa shape index (κ1) is 13.5. The van der Waals surface area contributed by atoms with Gasteiger partial charge in [0, 0.05) is 17.8 Å². The van der Waals surface area contributed by atoms with Gasteiger partial charge in [-0.2, -0.15) is 0 Å². The minimum atomic E-state index is -0.438. The number of aliphatic hydroxyl groups is 1.